The van der Waals surface area contributed by atoms with E-state index in [1.165, 1.54) is 11.1 Å². The van der Waals surface area contributed by atoms with Crippen molar-refractivity contribution in [2.45, 2.75) is 12.8 Å². The second kappa shape index (κ2) is 5.39. The van der Waals surface area contributed by atoms with E-state index in [0.29, 0.717) is 5.92 Å². The predicted octanol–water partition coefficient (Wildman–Crippen LogP) is 4.11. The van der Waals surface area contributed by atoms with Gasteiger partial charge in [0.1, 0.15) is 5.75 Å². The molecule has 0 unspecified atom stereocenters. The molecule has 2 nitrogen and oxygen atoms in total. The molecular weight excluding hydrogens is 212 g/mol. The minimum atomic E-state index is 0.357. The zero-order valence-corrected chi connectivity index (χ0v) is 10.1. The fourth-order valence-electron chi connectivity index (χ4n) is 1.62. The van der Waals surface area contributed by atoms with E-state index in [4.69, 9.17) is 9.15 Å². The van der Waals surface area contributed by atoms with Crippen LogP contribution in [-0.2, 0) is 0 Å². The van der Waals surface area contributed by atoms with Crippen LogP contribution in [0.5, 0.6) is 5.75 Å². The average Bonchev–Trinajstić information content (AvgIpc) is 2.90. The van der Waals surface area contributed by atoms with Crippen LogP contribution in [0.1, 0.15) is 24.0 Å². The number of rotatable bonds is 4. The molecule has 0 saturated heterocycles. The minimum Gasteiger partial charge on any atom is -0.497 e. The molecule has 0 radical (unpaired) electrons. The van der Waals surface area contributed by atoms with Crippen molar-refractivity contribution in [2.24, 2.45) is 0 Å². The maximum absolute atomic E-state index is 5.12. The van der Waals surface area contributed by atoms with Gasteiger partial charge in [-0.15, -0.1) is 0 Å². The van der Waals surface area contributed by atoms with Crippen molar-refractivity contribution >= 4 is 6.08 Å². The van der Waals surface area contributed by atoms with Gasteiger partial charge in [0.25, 0.3) is 0 Å². The molecule has 2 aromatic rings. The van der Waals surface area contributed by atoms with Gasteiger partial charge in [-0.3, -0.25) is 0 Å². The maximum atomic E-state index is 5.12. The molecule has 0 aliphatic heterocycles. The first-order valence-corrected chi connectivity index (χ1v) is 5.64. The largest absolute Gasteiger partial charge is 0.497 e. The summed E-state index contributed by atoms with van der Waals surface area (Å²) < 4.78 is 10.2. The fourth-order valence-corrected chi connectivity index (χ4v) is 1.62. The van der Waals surface area contributed by atoms with E-state index in [1.54, 1.807) is 19.6 Å². The van der Waals surface area contributed by atoms with Crippen LogP contribution >= 0.6 is 0 Å². The number of hydrogen-bond donors (Lipinski definition) is 0. The molecule has 1 aromatic carbocycles. The van der Waals surface area contributed by atoms with Gasteiger partial charge in [0.15, 0.2) is 0 Å². The summed E-state index contributed by atoms with van der Waals surface area (Å²) in [6.45, 7) is 2.14. The van der Waals surface area contributed by atoms with Gasteiger partial charge in [-0.1, -0.05) is 31.2 Å². The molecule has 0 saturated carbocycles. The molecule has 0 N–H and O–H groups in total. The predicted molar refractivity (Wildman–Crippen MR) is 69.2 cm³/mol. The van der Waals surface area contributed by atoms with Crippen LogP contribution in [0.3, 0.4) is 0 Å². The number of furan rings is 1. The van der Waals surface area contributed by atoms with E-state index in [2.05, 4.69) is 19.1 Å². The van der Waals surface area contributed by atoms with Crippen LogP contribution in [0, 0.1) is 0 Å². The first-order valence-electron chi connectivity index (χ1n) is 5.64. The van der Waals surface area contributed by atoms with Gasteiger partial charge in [-0.2, -0.15) is 0 Å². The number of ether oxygens (including phenoxy) is 1. The van der Waals surface area contributed by atoms with Crippen LogP contribution in [-0.4, -0.2) is 7.11 Å². The van der Waals surface area contributed by atoms with Gasteiger partial charge in [0.2, 0.25) is 0 Å². The zero-order valence-electron chi connectivity index (χ0n) is 10.1. The van der Waals surface area contributed by atoms with Crippen molar-refractivity contribution in [1.29, 1.82) is 0 Å². The molecule has 2 rings (SSSR count). The van der Waals surface area contributed by atoms with Crippen molar-refractivity contribution in [1.82, 2.24) is 0 Å². The van der Waals surface area contributed by atoms with Gasteiger partial charge < -0.3 is 9.15 Å². The number of benzene rings is 1. The average molecular weight is 228 g/mol. The summed E-state index contributed by atoms with van der Waals surface area (Å²) in [7, 11) is 1.67. The van der Waals surface area contributed by atoms with Crippen LogP contribution < -0.4 is 4.74 Å². The molecule has 17 heavy (non-hydrogen) atoms. The Hall–Kier alpha value is -1.96. The molecule has 0 aliphatic rings. The van der Waals surface area contributed by atoms with Gasteiger partial charge in [-0.05, 0) is 29.3 Å². The highest BCUT2D eigenvalue weighted by Crippen LogP contribution is 2.19. The Morgan fingerprint density at radius 2 is 1.94 bits per heavy atom. The molecule has 1 aromatic heterocycles. The molecule has 1 atom stereocenters. The standard InChI is InChI=1S/C15H16O2/c1-12(14-9-10-17-11-14)3-4-13-5-7-15(16-2)8-6-13/h3-12H,1-2H3/b4-3+/t12-/m1/s1. The van der Waals surface area contributed by atoms with E-state index in [0.717, 1.165) is 5.75 Å². The normalized spacial score (nSPS) is 12.8. The first-order chi connectivity index (χ1) is 8.29. The molecule has 0 amide bonds. The van der Waals surface area contributed by atoms with Gasteiger partial charge in [0, 0.05) is 5.92 Å². The number of allylic oxidation sites excluding steroid dienone is 1. The van der Waals surface area contributed by atoms with E-state index in [1.807, 2.05) is 30.3 Å². The van der Waals surface area contributed by atoms with Crippen LogP contribution in [0.2, 0.25) is 0 Å². The lowest BCUT2D eigenvalue weighted by Crippen LogP contribution is -1.85. The smallest absolute Gasteiger partial charge is 0.118 e. The third-order valence-corrected chi connectivity index (χ3v) is 2.76. The second-order valence-corrected chi connectivity index (χ2v) is 3.98. The molecule has 0 spiro atoms. The monoisotopic (exact) mass is 228 g/mol. The molecule has 0 bridgehead atoms. The highest BCUT2D eigenvalue weighted by Gasteiger charge is 2.01. The van der Waals surface area contributed by atoms with Gasteiger partial charge >= 0.3 is 0 Å². The van der Waals surface area contributed by atoms with E-state index in [9.17, 15) is 0 Å². The summed E-state index contributed by atoms with van der Waals surface area (Å²) in [5, 5.41) is 0. The molecule has 1 heterocycles. The van der Waals surface area contributed by atoms with Crippen LogP contribution in [0.15, 0.2) is 53.4 Å². The van der Waals surface area contributed by atoms with Crippen molar-refractivity contribution < 1.29 is 9.15 Å². The Bertz CT molecular complexity index is 466. The van der Waals surface area contributed by atoms with Crippen molar-refractivity contribution in [2.75, 3.05) is 7.11 Å². The molecular formula is C15H16O2. The number of methoxy groups -OCH3 is 1. The zero-order chi connectivity index (χ0) is 12.1. The Morgan fingerprint density at radius 1 is 1.18 bits per heavy atom. The molecule has 0 aliphatic carbocycles. The fraction of sp³-hybridized carbons (Fsp3) is 0.200. The Labute approximate surface area is 102 Å². The van der Waals surface area contributed by atoms with Crippen molar-refractivity contribution in [3.8, 4) is 5.75 Å². The lowest BCUT2D eigenvalue weighted by atomic mass is 10.0. The van der Waals surface area contributed by atoms with Gasteiger partial charge in [-0.25, -0.2) is 0 Å². The SMILES string of the molecule is COc1ccc(/C=C/[C@@H](C)c2ccoc2)cc1. The summed E-state index contributed by atoms with van der Waals surface area (Å²) in [6.07, 6.45) is 7.75. The Balaban J connectivity index is 2.04. The highest BCUT2D eigenvalue weighted by molar-refractivity contribution is 5.51. The second-order valence-electron chi connectivity index (χ2n) is 3.98. The molecule has 2 heteroatoms. The molecule has 88 valence electrons. The van der Waals surface area contributed by atoms with Crippen LogP contribution in [0.4, 0.5) is 0 Å². The third-order valence-electron chi connectivity index (χ3n) is 2.76. The highest BCUT2D eigenvalue weighted by atomic mass is 16.5. The van der Waals surface area contributed by atoms with Gasteiger partial charge in [0.05, 0.1) is 19.6 Å². The maximum Gasteiger partial charge on any atom is 0.118 e. The van der Waals surface area contributed by atoms with Crippen LogP contribution in [0.25, 0.3) is 6.08 Å². The summed E-state index contributed by atoms with van der Waals surface area (Å²) in [5.74, 6) is 1.24. The Morgan fingerprint density at radius 3 is 2.53 bits per heavy atom. The third kappa shape index (κ3) is 3.00. The quantitative estimate of drug-likeness (QED) is 0.785. The lowest BCUT2D eigenvalue weighted by Gasteiger charge is -2.02. The minimum absolute atomic E-state index is 0.357. The first kappa shape index (κ1) is 11.5. The van der Waals surface area contributed by atoms with E-state index in [-0.39, 0.29) is 0 Å². The summed E-state index contributed by atoms with van der Waals surface area (Å²) in [4.78, 5) is 0. The summed E-state index contributed by atoms with van der Waals surface area (Å²) >= 11 is 0. The molecule has 0 fully saturated rings. The van der Waals surface area contributed by atoms with Crippen molar-refractivity contribution in [3.63, 3.8) is 0 Å². The van der Waals surface area contributed by atoms with E-state index >= 15 is 0 Å². The van der Waals surface area contributed by atoms with E-state index < -0.39 is 0 Å². The summed E-state index contributed by atoms with van der Waals surface area (Å²) in [6, 6.07) is 9.99. The summed E-state index contributed by atoms with van der Waals surface area (Å²) in [5.41, 5.74) is 2.36. The van der Waals surface area contributed by atoms with Crippen molar-refractivity contribution in [3.05, 3.63) is 60.1 Å². The number of hydrogen-bond acceptors (Lipinski definition) is 2. The Kier molecular flexibility index (Phi) is 3.66. The topological polar surface area (TPSA) is 22.4 Å². The lowest BCUT2D eigenvalue weighted by molar-refractivity contribution is 0.415.